The molecular weight excluding hydrogens is 300 g/mol. The van der Waals surface area contributed by atoms with E-state index in [1.54, 1.807) is 20.8 Å². The number of carbonyl (C=O) groups is 1. The Hall–Kier alpha value is -1.62. The van der Waals surface area contributed by atoms with Gasteiger partial charge in [-0.1, -0.05) is 17.7 Å². The normalized spacial score (nSPS) is 12.2. The van der Waals surface area contributed by atoms with Crippen LogP contribution in [0.5, 0.6) is 0 Å². The molecule has 0 bridgehead atoms. The Balaban J connectivity index is 2.56. The fourth-order valence-electron chi connectivity index (χ4n) is 1.55. The molecule has 21 heavy (non-hydrogen) atoms. The maximum absolute atomic E-state index is 13.0. The van der Waals surface area contributed by atoms with Crippen molar-refractivity contribution in [2.45, 2.75) is 32.8 Å². The van der Waals surface area contributed by atoms with E-state index < -0.39 is 17.5 Å². The zero-order chi connectivity index (χ0) is 16.0. The van der Waals surface area contributed by atoms with Crippen LogP contribution in [0.4, 0.5) is 13.6 Å². The number of nitrogens with one attached hydrogen (secondary N) is 1. The van der Waals surface area contributed by atoms with Gasteiger partial charge in [-0.2, -0.15) is 0 Å². The number of halogens is 3. The maximum Gasteiger partial charge on any atom is 0.407 e. The van der Waals surface area contributed by atoms with Gasteiger partial charge in [-0.05, 0) is 50.5 Å². The van der Waals surface area contributed by atoms with Crippen molar-refractivity contribution in [1.29, 1.82) is 0 Å². The molecule has 1 amide bonds. The van der Waals surface area contributed by atoms with E-state index >= 15 is 0 Å². The lowest BCUT2D eigenvalue weighted by Crippen LogP contribution is -2.33. The summed E-state index contributed by atoms with van der Waals surface area (Å²) in [5.41, 5.74) is 0.355. The zero-order valence-corrected chi connectivity index (χ0v) is 12.9. The van der Waals surface area contributed by atoms with Gasteiger partial charge in [0.2, 0.25) is 0 Å². The number of benzene rings is 1. The largest absolute Gasteiger partial charge is 0.444 e. The van der Waals surface area contributed by atoms with Gasteiger partial charge >= 0.3 is 6.09 Å². The molecule has 0 atom stereocenters. The molecule has 0 saturated heterocycles. The standard InChI is InChI=1S/C15H18ClF2NO2/c1-15(2,3)21-14(20)19-9-11(8-17)6-10-4-5-13(18)12(16)7-10/h4-5,7-8H,6,9H2,1-3H3,(H,19,20)/b11-8-. The van der Waals surface area contributed by atoms with Crippen LogP contribution in [0.15, 0.2) is 30.1 Å². The molecule has 1 N–H and O–H groups in total. The molecular formula is C15H18ClF2NO2. The van der Waals surface area contributed by atoms with E-state index in [2.05, 4.69) is 5.32 Å². The summed E-state index contributed by atoms with van der Waals surface area (Å²) in [5, 5.41) is 2.44. The minimum atomic E-state index is -0.626. The van der Waals surface area contributed by atoms with E-state index in [4.69, 9.17) is 16.3 Å². The summed E-state index contributed by atoms with van der Waals surface area (Å²) in [6.07, 6.45) is -0.0000156. The van der Waals surface area contributed by atoms with Gasteiger partial charge < -0.3 is 10.1 Å². The van der Waals surface area contributed by atoms with Crippen molar-refractivity contribution in [2.24, 2.45) is 0 Å². The number of alkyl carbamates (subject to hydrolysis) is 1. The highest BCUT2D eigenvalue weighted by atomic mass is 35.5. The first-order chi connectivity index (χ1) is 9.71. The molecule has 1 aromatic rings. The Labute approximate surface area is 127 Å². The molecule has 0 heterocycles. The highest BCUT2D eigenvalue weighted by Crippen LogP contribution is 2.18. The molecule has 0 aliphatic rings. The molecule has 1 rings (SSSR count). The monoisotopic (exact) mass is 317 g/mol. The summed E-state index contributed by atoms with van der Waals surface area (Å²) in [6, 6.07) is 4.15. The van der Waals surface area contributed by atoms with Crippen LogP contribution in [0.2, 0.25) is 5.02 Å². The van der Waals surface area contributed by atoms with Crippen molar-refractivity contribution < 1.29 is 18.3 Å². The minimum Gasteiger partial charge on any atom is -0.444 e. The molecule has 0 aliphatic heterocycles. The number of hydrogen-bond acceptors (Lipinski definition) is 2. The van der Waals surface area contributed by atoms with Crippen molar-refractivity contribution in [3.63, 3.8) is 0 Å². The Bertz CT molecular complexity index is 539. The number of ether oxygens (including phenoxy) is 1. The van der Waals surface area contributed by atoms with Gasteiger partial charge in [0.05, 0.1) is 11.4 Å². The Morgan fingerprint density at radius 2 is 2.10 bits per heavy atom. The first kappa shape index (κ1) is 17.4. The average Bonchev–Trinajstić information content (AvgIpc) is 2.36. The van der Waals surface area contributed by atoms with E-state index in [0.717, 1.165) is 0 Å². The summed E-state index contributed by atoms with van der Waals surface area (Å²) < 4.78 is 30.9. The molecule has 116 valence electrons. The number of carbonyl (C=O) groups excluding carboxylic acids is 1. The molecule has 3 nitrogen and oxygen atoms in total. The molecule has 0 saturated carbocycles. The topological polar surface area (TPSA) is 38.3 Å². The molecule has 0 aliphatic carbocycles. The van der Waals surface area contributed by atoms with Crippen molar-refractivity contribution in [1.82, 2.24) is 5.32 Å². The molecule has 6 heteroatoms. The summed E-state index contributed by atoms with van der Waals surface area (Å²) in [4.78, 5) is 11.5. The van der Waals surface area contributed by atoms with Crippen molar-refractivity contribution >= 4 is 17.7 Å². The van der Waals surface area contributed by atoms with Gasteiger partial charge in [-0.15, -0.1) is 0 Å². The highest BCUT2D eigenvalue weighted by Gasteiger charge is 2.16. The van der Waals surface area contributed by atoms with Crippen LogP contribution in [-0.2, 0) is 11.2 Å². The van der Waals surface area contributed by atoms with E-state index in [1.807, 2.05) is 0 Å². The molecule has 0 spiro atoms. The third-order valence-corrected chi connectivity index (χ3v) is 2.72. The third kappa shape index (κ3) is 6.58. The molecule has 1 aromatic carbocycles. The van der Waals surface area contributed by atoms with Gasteiger partial charge in [0.15, 0.2) is 0 Å². The highest BCUT2D eigenvalue weighted by molar-refractivity contribution is 6.30. The summed E-state index contributed by atoms with van der Waals surface area (Å²) >= 11 is 5.66. The van der Waals surface area contributed by atoms with Crippen LogP contribution in [0.3, 0.4) is 0 Å². The second-order valence-corrected chi connectivity index (χ2v) is 5.96. The molecule has 0 radical (unpaired) electrons. The minimum absolute atomic E-state index is 0.000406. The lowest BCUT2D eigenvalue weighted by molar-refractivity contribution is 0.0532. The van der Waals surface area contributed by atoms with Crippen LogP contribution in [0.1, 0.15) is 26.3 Å². The molecule has 0 aromatic heterocycles. The summed E-state index contributed by atoms with van der Waals surface area (Å²) in [7, 11) is 0. The van der Waals surface area contributed by atoms with Gasteiger partial charge in [-0.3, -0.25) is 0 Å². The van der Waals surface area contributed by atoms with Crippen LogP contribution >= 0.6 is 11.6 Å². The van der Waals surface area contributed by atoms with Gasteiger partial charge in [-0.25, -0.2) is 13.6 Å². The average molecular weight is 318 g/mol. The van der Waals surface area contributed by atoms with Gasteiger partial charge in [0.1, 0.15) is 11.4 Å². The number of amides is 1. The first-order valence-electron chi connectivity index (χ1n) is 6.40. The zero-order valence-electron chi connectivity index (χ0n) is 12.2. The fourth-order valence-corrected chi connectivity index (χ4v) is 1.75. The summed E-state index contributed by atoms with van der Waals surface area (Å²) in [5.74, 6) is -0.530. The smallest absolute Gasteiger partial charge is 0.407 e. The quantitative estimate of drug-likeness (QED) is 0.894. The third-order valence-electron chi connectivity index (χ3n) is 2.43. The Kier molecular flexibility index (Phi) is 6.15. The summed E-state index contributed by atoms with van der Waals surface area (Å²) in [6.45, 7) is 5.21. The number of rotatable bonds is 4. The fraction of sp³-hybridized carbons (Fsp3) is 0.400. The van der Waals surface area contributed by atoms with Gasteiger partial charge in [0.25, 0.3) is 0 Å². The van der Waals surface area contributed by atoms with Crippen molar-refractivity contribution in [2.75, 3.05) is 6.54 Å². The SMILES string of the molecule is CC(C)(C)OC(=O)NC/C(=C\F)Cc1ccc(F)c(Cl)c1. The van der Waals surface area contributed by atoms with E-state index in [-0.39, 0.29) is 18.0 Å². The maximum atomic E-state index is 13.0. The van der Waals surface area contributed by atoms with E-state index in [0.29, 0.717) is 17.5 Å². The van der Waals surface area contributed by atoms with Crippen molar-refractivity contribution in [3.8, 4) is 0 Å². The van der Waals surface area contributed by atoms with Crippen LogP contribution in [0.25, 0.3) is 0 Å². The van der Waals surface area contributed by atoms with E-state index in [1.165, 1.54) is 18.2 Å². The first-order valence-corrected chi connectivity index (χ1v) is 6.78. The second-order valence-electron chi connectivity index (χ2n) is 5.55. The molecule has 0 unspecified atom stereocenters. The Morgan fingerprint density at radius 1 is 1.43 bits per heavy atom. The predicted octanol–water partition coefficient (Wildman–Crippen LogP) is 4.40. The van der Waals surface area contributed by atoms with Crippen LogP contribution in [0, 0.1) is 5.82 Å². The lowest BCUT2D eigenvalue weighted by atomic mass is 10.1. The van der Waals surface area contributed by atoms with Crippen LogP contribution in [-0.4, -0.2) is 18.2 Å². The van der Waals surface area contributed by atoms with Crippen LogP contribution < -0.4 is 5.32 Å². The predicted molar refractivity (Wildman–Crippen MR) is 78.5 cm³/mol. The Morgan fingerprint density at radius 3 is 2.62 bits per heavy atom. The van der Waals surface area contributed by atoms with E-state index in [9.17, 15) is 13.6 Å². The lowest BCUT2D eigenvalue weighted by Gasteiger charge is -2.20. The second kappa shape index (κ2) is 7.41. The molecule has 0 fully saturated rings. The number of hydrogen-bond donors (Lipinski definition) is 1. The van der Waals surface area contributed by atoms with Crippen molar-refractivity contribution in [3.05, 3.63) is 46.5 Å². The van der Waals surface area contributed by atoms with Gasteiger partial charge in [0, 0.05) is 6.54 Å².